The van der Waals surface area contributed by atoms with Gasteiger partial charge in [-0.3, -0.25) is 9.78 Å². The third-order valence-electron chi connectivity index (χ3n) is 3.00. The fraction of sp³-hybridized carbons (Fsp3) is 0.200. The van der Waals surface area contributed by atoms with Crippen molar-refractivity contribution in [2.45, 2.75) is 13.0 Å². The van der Waals surface area contributed by atoms with Crippen molar-refractivity contribution >= 4 is 5.91 Å². The Morgan fingerprint density at radius 3 is 2.65 bits per heavy atom. The van der Waals surface area contributed by atoms with Gasteiger partial charge in [-0.2, -0.15) is 0 Å². The number of nitrogens with zero attached hydrogens (tertiary/aromatic N) is 1. The summed E-state index contributed by atoms with van der Waals surface area (Å²) in [5, 5.41) is 12.6. The van der Waals surface area contributed by atoms with Crippen LogP contribution < -0.4 is 10.1 Å². The van der Waals surface area contributed by atoms with E-state index in [1.165, 1.54) is 19.2 Å². The summed E-state index contributed by atoms with van der Waals surface area (Å²) in [4.78, 5) is 16.1. The SMILES string of the molecule is COc1ccc(O)c(C(=O)NC(C)c2ccncc2)c1. The molecular formula is C15H16N2O3. The Hall–Kier alpha value is -2.56. The molecule has 20 heavy (non-hydrogen) atoms. The summed E-state index contributed by atoms with van der Waals surface area (Å²) in [5.74, 6) is 0.0838. The molecule has 0 saturated heterocycles. The normalized spacial score (nSPS) is 11.7. The van der Waals surface area contributed by atoms with Crippen LogP contribution in [0.15, 0.2) is 42.7 Å². The van der Waals surface area contributed by atoms with Crippen LogP contribution in [0.4, 0.5) is 0 Å². The Labute approximate surface area is 117 Å². The van der Waals surface area contributed by atoms with E-state index in [1.807, 2.05) is 19.1 Å². The van der Waals surface area contributed by atoms with Gasteiger partial charge >= 0.3 is 0 Å². The molecule has 0 bridgehead atoms. The monoisotopic (exact) mass is 272 g/mol. The van der Waals surface area contributed by atoms with Crippen molar-refractivity contribution in [1.29, 1.82) is 0 Å². The molecule has 0 aliphatic heterocycles. The Morgan fingerprint density at radius 1 is 1.30 bits per heavy atom. The number of methoxy groups -OCH3 is 1. The van der Waals surface area contributed by atoms with Crippen LogP contribution in [0.25, 0.3) is 0 Å². The number of nitrogens with one attached hydrogen (secondary N) is 1. The fourth-order valence-electron chi connectivity index (χ4n) is 1.83. The Morgan fingerprint density at radius 2 is 2.00 bits per heavy atom. The highest BCUT2D eigenvalue weighted by Crippen LogP contribution is 2.23. The van der Waals surface area contributed by atoms with E-state index in [9.17, 15) is 9.90 Å². The van der Waals surface area contributed by atoms with Crippen LogP contribution in [-0.2, 0) is 0 Å². The summed E-state index contributed by atoms with van der Waals surface area (Å²) in [7, 11) is 1.51. The van der Waals surface area contributed by atoms with Crippen molar-refractivity contribution in [1.82, 2.24) is 10.3 Å². The number of amides is 1. The summed E-state index contributed by atoms with van der Waals surface area (Å²) < 4.78 is 5.05. The van der Waals surface area contributed by atoms with Crippen LogP contribution in [0.2, 0.25) is 0 Å². The van der Waals surface area contributed by atoms with Gasteiger partial charge in [0.25, 0.3) is 5.91 Å². The predicted molar refractivity (Wildman–Crippen MR) is 74.8 cm³/mol. The van der Waals surface area contributed by atoms with E-state index in [4.69, 9.17) is 4.74 Å². The number of aromatic hydroxyl groups is 1. The van der Waals surface area contributed by atoms with Crippen LogP contribution in [0.3, 0.4) is 0 Å². The maximum absolute atomic E-state index is 12.2. The van der Waals surface area contributed by atoms with Gasteiger partial charge in [0.2, 0.25) is 0 Å². The van der Waals surface area contributed by atoms with Crippen LogP contribution in [-0.4, -0.2) is 23.1 Å². The predicted octanol–water partition coefficient (Wildman–Crippen LogP) is 2.29. The van der Waals surface area contributed by atoms with Crippen LogP contribution in [0.5, 0.6) is 11.5 Å². The largest absolute Gasteiger partial charge is 0.507 e. The quantitative estimate of drug-likeness (QED) is 0.895. The number of aromatic nitrogens is 1. The molecule has 104 valence electrons. The molecule has 1 aromatic carbocycles. The average Bonchev–Trinajstić information content (AvgIpc) is 2.48. The first-order valence-electron chi connectivity index (χ1n) is 6.19. The minimum atomic E-state index is -0.356. The molecule has 0 aliphatic carbocycles. The molecule has 2 aromatic rings. The molecule has 1 amide bonds. The molecule has 2 N–H and O–H groups in total. The second-order valence-corrected chi connectivity index (χ2v) is 4.36. The molecule has 5 nitrogen and oxygen atoms in total. The molecule has 0 aliphatic rings. The number of hydrogen-bond acceptors (Lipinski definition) is 4. The zero-order valence-electron chi connectivity index (χ0n) is 11.3. The van der Waals surface area contributed by atoms with Crippen LogP contribution in [0.1, 0.15) is 28.9 Å². The number of phenolic OH excluding ortho intramolecular Hbond substituents is 1. The van der Waals surface area contributed by atoms with Gasteiger partial charge in [-0.05, 0) is 42.8 Å². The lowest BCUT2D eigenvalue weighted by Gasteiger charge is -2.15. The standard InChI is InChI=1S/C15H16N2O3/c1-10(11-5-7-16-8-6-11)17-15(19)13-9-12(20-2)3-4-14(13)18/h3-10,18H,1-2H3,(H,17,19). The molecule has 0 saturated carbocycles. The van der Waals surface area contributed by atoms with Crippen molar-refractivity contribution < 1.29 is 14.6 Å². The lowest BCUT2D eigenvalue weighted by Crippen LogP contribution is -2.26. The molecule has 2 rings (SSSR count). The van der Waals surface area contributed by atoms with Gasteiger partial charge in [0.05, 0.1) is 18.7 Å². The van der Waals surface area contributed by atoms with E-state index in [0.717, 1.165) is 5.56 Å². The summed E-state index contributed by atoms with van der Waals surface area (Å²) in [5.41, 5.74) is 1.13. The first kappa shape index (κ1) is 13.9. The summed E-state index contributed by atoms with van der Waals surface area (Å²) in [6.07, 6.45) is 3.34. The van der Waals surface area contributed by atoms with Gasteiger partial charge in [-0.1, -0.05) is 0 Å². The van der Waals surface area contributed by atoms with E-state index < -0.39 is 0 Å². The molecule has 0 fully saturated rings. The number of ether oxygens (including phenoxy) is 1. The molecule has 5 heteroatoms. The number of hydrogen-bond donors (Lipinski definition) is 2. The zero-order valence-corrected chi connectivity index (χ0v) is 11.3. The third kappa shape index (κ3) is 3.06. The van der Waals surface area contributed by atoms with E-state index in [0.29, 0.717) is 5.75 Å². The average molecular weight is 272 g/mol. The number of rotatable bonds is 4. The van der Waals surface area contributed by atoms with Crippen molar-refractivity contribution in [3.63, 3.8) is 0 Å². The van der Waals surface area contributed by atoms with Gasteiger partial charge in [0, 0.05) is 12.4 Å². The number of benzene rings is 1. The number of pyridine rings is 1. The van der Waals surface area contributed by atoms with Crippen molar-refractivity contribution in [2.75, 3.05) is 7.11 Å². The Bertz CT molecular complexity index is 599. The molecule has 0 radical (unpaired) electrons. The van der Waals surface area contributed by atoms with Crippen molar-refractivity contribution in [2.24, 2.45) is 0 Å². The first-order chi connectivity index (χ1) is 9.61. The summed E-state index contributed by atoms with van der Waals surface area (Å²) in [6, 6.07) is 8.01. The molecular weight excluding hydrogens is 256 g/mol. The highest BCUT2D eigenvalue weighted by atomic mass is 16.5. The van der Waals surface area contributed by atoms with E-state index in [-0.39, 0.29) is 23.3 Å². The fourth-order valence-corrected chi connectivity index (χ4v) is 1.83. The lowest BCUT2D eigenvalue weighted by atomic mass is 10.1. The molecule has 1 heterocycles. The molecule has 1 atom stereocenters. The summed E-state index contributed by atoms with van der Waals surface area (Å²) >= 11 is 0. The Kier molecular flexibility index (Phi) is 4.20. The van der Waals surface area contributed by atoms with E-state index in [1.54, 1.807) is 18.5 Å². The van der Waals surface area contributed by atoms with Gasteiger partial charge in [0.15, 0.2) is 0 Å². The number of carbonyl (C=O) groups excluding carboxylic acids is 1. The topological polar surface area (TPSA) is 71.5 Å². The lowest BCUT2D eigenvalue weighted by molar-refractivity contribution is 0.0937. The number of carbonyl (C=O) groups is 1. The van der Waals surface area contributed by atoms with Gasteiger partial charge in [-0.15, -0.1) is 0 Å². The molecule has 1 unspecified atom stereocenters. The van der Waals surface area contributed by atoms with Crippen LogP contribution >= 0.6 is 0 Å². The van der Waals surface area contributed by atoms with Crippen molar-refractivity contribution in [3.8, 4) is 11.5 Å². The van der Waals surface area contributed by atoms with E-state index in [2.05, 4.69) is 10.3 Å². The zero-order chi connectivity index (χ0) is 14.5. The smallest absolute Gasteiger partial charge is 0.255 e. The Balaban J connectivity index is 2.16. The highest BCUT2D eigenvalue weighted by Gasteiger charge is 2.15. The molecule has 1 aromatic heterocycles. The number of phenols is 1. The second kappa shape index (κ2) is 6.06. The minimum absolute atomic E-state index is 0.0785. The minimum Gasteiger partial charge on any atom is -0.507 e. The maximum atomic E-state index is 12.2. The highest BCUT2D eigenvalue weighted by molar-refractivity contribution is 5.97. The third-order valence-corrected chi connectivity index (χ3v) is 3.00. The first-order valence-corrected chi connectivity index (χ1v) is 6.19. The van der Waals surface area contributed by atoms with Gasteiger partial charge < -0.3 is 15.2 Å². The van der Waals surface area contributed by atoms with Gasteiger partial charge in [0.1, 0.15) is 11.5 Å². The maximum Gasteiger partial charge on any atom is 0.255 e. The van der Waals surface area contributed by atoms with E-state index >= 15 is 0 Å². The molecule has 0 spiro atoms. The van der Waals surface area contributed by atoms with Gasteiger partial charge in [-0.25, -0.2) is 0 Å². The summed E-state index contributed by atoms with van der Waals surface area (Å²) in [6.45, 7) is 1.87. The second-order valence-electron chi connectivity index (χ2n) is 4.36. The van der Waals surface area contributed by atoms with Crippen LogP contribution in [0, 0.1) is 0 Å². The van der Waals surface area contributed by atoms with Crippen molar-refractivity contribution in [3.05, 3.63) is 53.9 Å².